The molecule has 1 fully saturated rings. The number of anilines is 2. The van der Waals surface area contributed by atoms with Gasteiger partial charge in [-0.3, -0.25) is 9.59 Å². The lowest BCUT2D eigenvalue weighted by molar-refractivity contribution is -0.119. The maximum Gasteiger partial charge on any atom is 0.255 e. The lowest BCUT2D eigenvalue weighted by atomic mass is 10.1. The molecule has 1 saturated heterocycles. The number of carbonyl (C=O) groups excluding carboxylic acids is 2. The van der Waals surface area contributed by atoms with Crippen molar-refractivity contribution in [1.82, 2.24) is 9.78 Å². The number of methoxy groups -OCH3 is 1. The summed E-state index contributed by atoms with van der Waals surface area (Å²) in [5, 5.41) is 7.19. The Morgan fingerprint density at radius 1 is 1.13 bits per heavy atom. The first-order valence-electron chi connectivity index (χ1n) is 9.96. The second-order valence-corrected chi connectivity index (χ2v) is 7.35. The number of aryl methyl sites for hydroxylation is 1. The van der Waals surface area contributed by atoms with E-state index in [9.17, 15) is 9.59 Å². The molecule has 0 aliphatic carbocycles. The molecule has 1 aliphatic heterocycles. The van der Waals surface area contributed by atoms with Crippen LogP contribution in [0, 0.1) is 6.92 Å². The summed E-state index contributed by atoms with van der Waals surface area (Å²) >= 11 is 0. The molecule has 154 valence electrons. The van der Waals surface area contributed by atoms with Crippen LogP contribution in [-0.4, -0.2) is 35.2 Å². The summed E-state index contributed by atoms with van der Waals surface area (Å²) in [6, 6.07) is 12.6. The van der Waals surface area contributed by atoms with Crippen LogP contribution >= 0.6 is 0 Å². The first-order chi connectivity index (χ1) is 14.5. The van der Waals surface area contributed by atoms with Crippen LogP contribution in [0.15, 0.2) is 54.9 Å². The molecule has 7 heteroatoms. The molecular formula is C23H24N4O3. The van der Waals surface area contributed by atoms with Crippen LogP contribution in [0.3, 0.4) is 0 Å². The van der Waals surface area contributed by atoms with E-state index >= 15 is 0 Å². The molecule has 0 atom stereocenters. The van der Waals surface area contributed by atoms with Crippen LogP contribution in [0.1, 0.15) is 35.2 Å². The molecule has 4 rings (SSSR count). The van der Waals surface area contributed by atoms with Gasteiger partial charge in [0.05, 0.1) is 24.7 Å². The van der Waals surface area contributed by atoms with Crippen LogP contribution in [0.5, 0.6) is 5.75 Å². The smallest absolute Gasteiger partial charge is 0.255 e. The van der Waals surface area contributed by atoms with Gasteiger partial charge in [0.25, 0.3) is 5.91 Å². The molecule has 2 heterocycles. The van der Waals surface area contributed by atoms with Gasteiger partial charge in [0.2, 0.25) is 5.91 Å². The minimum absolute atomic E-state index is 0.0764. The molecule has 2 amide bonds. The van der Waals surface area contributed by atoms with Gasteiger partial charge in [0.15, 0.2) is 0 Å². The van der Waals surface area contributed by atoms with Crippen molar-refractivity contribution in [2.75, 3.05) is 23.9 Å². The summed E-state index contributed by atoms with van der Waals surface area (Å²) in [5.41, 5.74) is 3.79. The fourth-order valence-corrected chi connectivity index (χ4v) is 3.56. The topological polar surface area (TPSA) is 76.5 Å². The fourth-order valence-electron chi connectivity index (χ4n) is 3.56. The zero-order valence-electron chi connectivity index (χ0n) is 17.1. The molecule has 0 radical (unpaired) electrons. The van der Waals surface area contributed by atoms with Crippen LogP contribution < -0.4 is 15.0 Å². The zero-order chi connectivity index (χ0) is 21.1. The van der Waals surface area contributed by atoms with Gasteiger partial charge in [-0.15, -0.1) is 0 Å². The second-order valence-electron chi connectivity index (χ2n) is 7.35. The van der Waals surface area contributed by atoms with Crippen molar-refractivity contribution >= 4 is 23.2 Å². The molecule has 0 spiro atoms. The summed E-state index contributed by atoms with van der Waals surface area (Å²) in [4.78, 5) is 26.8. The van der Waals surface area contributed by atoms with Gasteiger partial charge in [-0.2, -0.15) is 5.10 Å². The maximum absolute atomic E-state index is 12.7. The number of benzene rings is 2. The number of aromatic nitrogens is 2. The number of hydrogen-bond acceptors (Lipinski definition) is 4. The number of piperidine rings is 1. The molecule has 0 unspecified atom stereocenters. The zero-order valence-corrected chi connectivity index (χ0v) is 17.1. The highest BCUT2D eigenvalue weighted by molar-refractivity contribution is 6.05. The van der Waals surface area contributed by atoms with Gasteiger partial charge in [-0.1, -0.05) is 0 Å². The molecule has 30 heavy (non-hydrogen) atoms. The molecular weight excluding hydrogens is 380 g/mol. The maximum atomic E-state index is 12.7. The Labute approximate surface area is 175 Å². The van der Waals surface area contributed by atoms with E-state index in [0.29, 0.717) is 35.7 Å². The third kappa shape index (κ3) is 4.05. The van der Waals surface area contributed by atoms with Crippen molar-refractivity contribution in [1.29, 1.82) is 0 Å². The third-order valence-electron chi connectivity index (χ3n) is 5.16. The van der Waals surface area contributed by atoms with Crippen molar-refractivity contribution < 1.29 is 14.3 Å². The summed E-state index contributed by atoms with van der Waals surface area (Å²) in [6.07, 6.45) is 6.10. The SMILES string of the molecule is COc1ccc(NC(=O)c2ccc(-n3cc(C)cn3)cc2)cc1N1CCCCC1=O. The predicted octanol–water partition coefficient (Wildman–Crippen LogP) is 3.96. The average molecular weight is 404 g/mol. The van der Waals surface area contributed by atoms with E-state index in [0.717, 1.165) is 24.1 Å². The van der Waals surface area contributed by atoms with Gasteiger partial charge in [-0.25, -0.2) is 4.68 Å². The lowest BCUT2D eigenvalue weighted by Gasteiger charge is -2.28. The Morgan fingerprint density at radius 2 is 1.93 bits per heavy atom. The number of nitrogens with zero attached hydrogens (tertiary/aromatic N) is 3. The molecule has 0 saturated carbocycles. The lowest BCUT2D eigenvalue weighted by Crippen LogP contribution is -2.35. The normalized spacial score (nSPS) is 13.9. The van der Waals surface area contributed by atoms with E-state index in [-0.39, 0.29) is 11.8 Å². The standard InChI is InChI=1S/C23H24N4O3/c1-16-14-24-27(15-16)19-9-6-17(7-10-19)23(29)25-18-8-11-21(30-2)20(13-18)26-12-4-3-5-22(26)28/h6-11,13-15H,3-5,12H2,1-2H3,(H,25,29). The highest BCUT2D eigenvalue weighted by atomic mass is 16.5. The second kappa shape index (κ2) is 8.41. The molecule has 2 aromatic carbocycles. The Morgan fingerprint density at radius 3 is 2.60 bits per heavy atom. The monoisotopic (exact) mass is 404 g/mol. The Balaban J connectivity index is 1.53. The van der Waals surface area contributed by atoms with E-state index in [4.69, 9.17) is 4.74 Å². The third-order valence-corrected chi connectivity index (χ3v) is 5.16. The minimum Gasteiger partial charge on any atom is -0.495 e. The van der Waals surface area contributed by atoms with E-state index in [1.54, 1.807) is 53.2 Å². The number of rotatable bonds is 5. The van der Waals surface area contributed by atoms with Gasteiger partial charge in [0.1, 0.15) is 5.75 Å². The van der Waals surface area contributed by atoms with Crippen molar-refractivity contribution in [3.05, 3.63) is 66.0 Å². The number of carbonyl (C=O) groups is 2. The predicted molar refractivity (Wildman–Crippen MR) is 115 cm³/mol. The number of hydrogen-bond donors (Lipinski definition) is 1. The fraction of sp³-hybridized carbons (Fsp3) is 0.261. The Hall–Kier alpha value is -3.61. The summed E-state index contributed by atoms with van der Waals surface area (Å²) in [7, 11) is 1.58. The van der Waals surface area contributed by atoms with E-state index in [1.165, 1.54) is 0 Å². The van der Waals surface area contributed by atoms with Crippen LogP contribution in [0.25, 0.3) is 5.69 Å². The van der Waals surface area contributed by atoms with Crippen molar-refractivity contribution in [2.45, 2.75) is 26.2 Å². The van der Waals surface area contributed by atoms with Gasteiger partial charge < -0.3 is 15.0 Å². The Kier molecular flexibility index (Phi) is 5.52. The van der Waals surface area contributed by atoms with Gasteiger partial charge >= 0.3 is 0 Å². The molecule has 1 N–H and O–H groups in total. The molecule has 0 bridgehead atoms. The van der Waals surface area contributed by atoms with Crippen molar-refractivity contribution in [2.24, 2.45) is 0 Å². The summed E-state index contributed by atoms with van der Waals surface area (Å²) < 4.78 is 7.20. The molecule has 1 aromatic heterocycles. The highest BCUT2D eigenvalue weighted by Crippen LogP contribution is 2.33. The molecule has 1 aliphatic rings. The number of amides is 2. The van der Waals surface area contributed by atoms with Crippen molar-refractivity contribution in [3.63, 3.8) is 0 Å². The first kappa shape index (κ1) is 19.7. The van der Waals surface area contributed by atoms with Gasteiger partial charge in [-0.05, 0) is 67.8 Å². The van der Waals surface area contributed by atoms with Crippen LogP contribution in [0.2, 0.25) is 0 Å². The van der Waals surface area contributed by atoms with Crippen molar-refractivity contribution in [3.8, 4) is 11.4 Å². The summed E-state index contributed by atoms with van der Waals surface area (Å²) in [5.74, 6) is 0.467. The highest BCUT2D eigenvalue weighted by Gasteiger charge is 2.23. The first-order valence-corrected chi connectivity index (χ1v) is 9.96. The van der Waals surface area contributed by atoms with E-state index in [1.807, 2.05) is 25.3 Å². The van der Waals surface area contributed by atoms with E-state index in [2.05, 4.69) is 10.4 Å². The average Bonchev–Trinajstić information content (AvgIpc) is 3.20. The largest absolute Gasteiger partial charge is 0.495 e. The minimum atomic E-state index is -0.223. The van der Waals surface area contributed by atoms with Crippen LogP contribution in [0.4, 0.5) is 11.4 Å². The molecule has 7 nitrogen and oxygen atoms in total. The molecule has 3 aromatic rings. The number of nitrogens with one attached hydrogen (secondary N) is 1. The Bertz CT molecular complexity index is 1070. The number of ether oxygens (including phenoxy) is 1. The van der Waals surface area contributed by atoms with E-state index < -0.39 is 0 Å². The quantitative estimate of drug-likeness (QED) is 0.698. The van der Waals surface area contributed by atoms with Crippen LogP contribution in [-0.2, 0) is 4.79 Å². The summed E-state index contributed by atoms with van der Waals surface area (Å²) in [6.45, 7) is 2.63. The van der Waals surface area contributed by atoms with Gasteiger partial charge in [0, 0.05) is 30.4 Å².